The zero-order valence-corrected chi connectivity index (χ0v) is 11.9. The molecular weight excluding hydrogens is 269 g/mol. The number of methoxy groups -OCH3 is 1. The van der Waals surface area contributed by atoms with E-state index in [9.17, 15) is 0 Å². The smallest absolute Gasteiger partial charge is 0.0595 e. The largest absolute Gasteiger partial charge is 0.381 e. The standard InChI is InChI=1S/C14H17Cl2NO/c1-18-11-4-10-7-17-8-14(10,6-11)9-2-3-12(15)13(16)5-9/h2-3,5,10-11,17H,4,6-8H2,1H3/t10-,11+,14-/m1/s1. The van der Waals surface area contributed by atoms with E-state index >= 15 is 0 Å². The quantitative estimate of drug-likeness (QED) is 0.901. The van der Waals surface area contributed by atoms with Gasteiger partial charge in [0.05, 0.1) is 16.1 Å². The molecule has 1 N–H and O–H groups in total. The third kappa shape index (κ3) is 1.87. The molecule has 1 saturated heterocycles. The predicted octanol–water partition coefficient (Wildman–Crippen LogP) is 3.26. The number of rotatable bonds is 2. The van der Waals surface area contributed by atoms with Crippen LogP contribution in [0.1, 0.15) is 18.4 Å². The molecule has 1 aliphatic heterocycles. The number of ether oxygens (including phenoxy) is 1. The fourth-order valence-corrected chi connectivity index (χ4v) is 3.90. The fraction of sp³-hybridized carbons (Fsp3) is 0.571. The van der Waals surface area contributed by atoms with Crippen LogP contribution in [0, 0.1) is 5.92 Å². The highest BCUT2D eigenvalue weighted by Crippen LogP contribution is 2.49. The summed E-state index contributed by atoms with van der Waals surface area (Å²) in [5.41, 5.74) is 1.47. The van der Waals surface area contributed by atoms with Crippen LogP contribution in [0.25, 0.3) is 0 Å². The summed E-state index contributed by atoms with van der Waals surface area (Å²) in [5.74, 6) is 0.639. The van der Waals surface area contributed by atoms with Gasteiger partial charge in [0.1, 0.15) is 0 Å². The monoisotopic (exact) mass is 285 g/mol. The molecule has 2 aliphatic rings. The lowest BCUT2D eigenvalue weighted by Crippen LogP contribution is -2.31. The van der Waals surface area contributed by atoms with Crippen LogP contribution in [0.3, 0.4) is 0 Å². The molecule has 2 nitrogen and oxygen atoms in total. The highest BCUT2D eigenvalue weighted by atomic mass is 35.5. The van der Waals surface area contributed by atoms with Gasteiger partial charge in [-0.15, -0.1) is 0 Å². The molecule has 1 aliphatic carbocycles. The first-order chi connectivity index (χ1) is 8.65. The summed E-state index contributed by atoms with van der Waals surface area (Å²) in [6.45, 7) is 2.08. The van der Waals surface area contributed by atoms with Gasteiger partial charge >= 0.3 is 0 Å². The maximum Gasteiger partial charge on any atom is 0.0595 e. The second-order valence-electron chi connectivity index (χ2n) is 5.41. The Labute approximate surface area is 118 Å². The molecule has 18 heavy (non-hydrogen) atoms. The Morgan fingerprint density at radius 2 is 2.17 bits per heavy atom. The highest BCUT2D eigenvalue weighted by Gasteiger charge is 2.51. The Kier molecular flexibility index (Phi) is 3.31. The highest BCUT2D eigenvalue weighted by molar-refractivity contribution is 6.42. The molecule has 0 aromatic heterocycles. The van der Waals surface area contributed by atoms with Crippen molar-refractivity contribution in [1.82, 2.24) is 5.32 Å². The van der Waals surface area contributed by atoms with Gasteiger partial charge in [0, 0.05) is 19.1 Å². The number of hydrogen-bond acceptors (Lipinski definition) is 2. The van der Waals surface area contributed by atoms with E-state index in [1.54, 1.807) is 0 Å². The first kappa shape index (κ1) is 12.7. The van der Waals surface area contributed by atoms with Crippen LogP contribution in [-0.4, -0.2) is 26.3 Å². The van der Waals surface area contributed by atoms with Gasteiger partial charge < -0.3 is 10.1 Å². The third-order valence-corrected chi connectivity index (χ3v) is 5.32. The summed E-state index contributed by atoms with van der Waals surface area (Å²) >= 11 is 12.2. The van der Waals surface area contributed by atoms with E-state index in [4.69, 9.17) is 27.9 Å². The van der Waals surface area contributed by atoms with Crippen LogP contribution < -0.4 is 5.32 Å². The van der Waals surface area contributed by atoms with E-state index in [0.29, 0.717) is 22.1 Å². The molecule has 2 fully saturated rings. The number of fused-ring (bicyclic) bond motifs is 1. The van der Waals surface area contributed by atoms with Crippen LogP contribution in [0.4, 0.5) is 0 Å². The summed E-state index contributed by atoms with van der Waals surface area (Å²) in [4.78, 5) is 0. The maximum absolute atomic E-state index is 6.17. The molecule has 1 aromatic carbocycles. The number of hydrogen-bond donors (Lipinski definition) is 1. The maximum atomic E-state index is 6.17. The molecule has 0 radical (unpaired) electrons. The molecule has 1 heterocycles. The van der Waals surface area contributed by atoms with E-state index in [-0.39, 0.29) is 5.41 Å². The van der Waals surface area contributed by atoms with Crippen molar-refractivity contribution in [3.63, 3.8) is 0 Å². The van der Waals surface area contributed by atoms with Gasteiger partial charge in [0.15, 0.2) is 0 Å². The summed E-state index contributed by atoms with van der Waals surface area (Å²) < 4.78 is 5.56. The van der Waals surface area contributed by atoms with E-state index in [1.807, 2.05) is 19.2 Å². The van der Waals surface area contributed by atoms with Crippen molar-refractivity contribution in [3.05, 3.63) is 33.8 Å². The molecule has 0 amide bonds. The van der Waals surface area contributed by atoms with Crippen molar-refractivity contribution in [3.8, 4) is 0 Å². The number of benzene rings is 1. The molecule has 0 bridgehead atoms. The van der Waals surface area contributed by atoms with Gasteiger partial charge in [-0.25, -0.2) is 0 Å². The minimum Gasteiger partial charge on any atom is -0.381 e. The van der Waals surface area contributed by atoms with Gasteiger partial charge in [-0.3, -0.25) is 0 Å². The first-order valence-corrected chi connectivity index (χ1v) is 7.10. The molecule has 1 aromatic rings. The van der Waals surface area contributed by atoms with E-state index in [0.717, 1.165) is 25.9 Å². The summed E-state index contributed by atoms with van der Waals surface area (Å²) in [6.07, 6.45) is 2.56. The van der Waals surface area contributed by atoms with Gasteiger partial charge in [-0.2, -0.15) is 0 Å². The normalized spacial score (nSPS) is 34.8. The number of halogens is 2. The van der Waals surface area contributed by atoms with Crippen molar-refractivity contribution in [1.29, 1.82) is 0 Å². The SMILES string of the molecule is CO[C@H]1C[C@@H]2CNC[C@@]2(c2ccc(Cl)c(Cl)c2)C1. The van der Waals surface area contributed by atoms with Gasteiger partial charge in [0.2, 0.25) is 0 Å². The minimum atomic E-state index is 0.176. The Bertz CT molecular complexity index is 465. The summed E-state index contributed by atoms with van der Waals surface area (Å²) in [6, 6.07) is 6.05. The predicted molar refractivity (Wildman–Crippen MR) is 74.5 cm³/mol. The second kappa shape index (κ2) is 4.68. The molecule has 98 valence electrons. The molecule has 1 saturated carbocycles. The lowest BCUT2D eigenvalue weighted by atomic mass is 9.74. The molecule has 4 heteroatoms. The lowest BCUT2D eigenvalue weighted by molar-refractivity contribution is 0.100. The minimum absolute atomic E-state index is 0.176. The van der Waals surface area contributed by atoms with Gasteiger partial charge in [-0.1, -0.05) is 29.3 Å². The zero-order valence-electron chi connectivity index (χ0n) is 10.4. The Balaban J connectivity index is 1.99. The zero-order chi connectivity index (χ0) is 12.8. The molecular formula is C14H17Cl2NO. The van der Waals surface area contributed by atoms with Crippen molar-refractivity contribution < 1.29 is 4.74 Å². The van der Waals surface area contributed by atoms with Crippen molar-refractivity contribution >= 4 is 23.2 Å². The second-order valence-corrected chi connectivity index (χ2v) is 6.22. The Morgan fingerprint density at radius 1 is 1.33 bits per heavy atom. The Morgan fingerprint density at radius 3 is 2.89 bits per heavy atom. The van der Waals surface area contributed by atoms with Crippen molar-refractivity contribution in [2.24, 2.45) is 5.92 Å². The molecule has 0 unspecified atom stereocenters. The molecule has 0 spiro atoms. The van der Waals surface area contributed by atoms with Crippen LogP contribution in [0.2, 0.25) is 10.0 Å². The van der Waals surface area contributed by atoms with Gasteiger partial charge in [-0.05, 0) is 43.0 Å². The van der Waals surface area contributed by atoms with Crippen LogP contribution in [0.15, 0.2) is 18.2 Å². The summed E-state index contributed by atoms with van der Waals surface area (Å²) in [5, 5.41) is 4.78. The van der Waals surface area contributed by atoms with E-state index in [1.165, 1.54) is 5.56 Å². The van der Waals surface area contributed by atoms with Crippen LogP contribution in [-0.2, 0) is 10.2 Å². The van der Waals surface area contributed by atoms with E-state index in [2.05, 4.69) is 11.4 Å². The summed E-state index contributed by atoms with van der Waals surface area (Å²) in [7, 11) is 1.81. The number of nitrogens with one attached hydrogen (secondary N) is 1. The van der Waals surface area contributed by atoms with Crippen molar-refractivity contribution in [2.45, 2.75) is 24.4 Å². The third-order valence-electron chi connectivity index (χ3n) is 4.58. The van der Waals surface area contributed by atoms with Crippen LogP contribution in [0.5, 0.6) is 0 Å². The average molecular weight is 286 g/mol. The van der Waals surface area contributed by atoms with E-state index < -0.39 is 0 Å². The topological polar surface area (TPSA) is 21.3 Å². The first-order valence-electron chi connectivity index (χ1n) is 6.35. The van der Waals surface area contributed by atoms with Crippen molar-refractivity contribution in [2.75, 3.05) is 20.2 Å². The lowest BCUT2D eigenvalue weighted by Gasteiger charge is -2.29. The Hall–Kier alpha value is -0.280. The fourth-order valence-electron chi connectivity index (χ4n) is 3.60. The van der Waals surface area contributed by atoms with Gasteiger partial charge in [0.25, 0.3) is 0 Å². The molecule has 3 rings (SSSR count). The van der Waals surface area contributed by atoms with Crippen LogP contribution >= 0.6 is 23.2 Å². The molecule has 3 atom stereocenters. The average Bonchev–Trinajstić information content (AvgIpc) is 2.89.